The number of methoxy groups -OCH3 is 1. The van der Waals surface area contributed by atoms with Gasteiger partial charge in [-0.15, -0.1) is 277 Å². The average Bonchev–Trinajstić information content (AvgIpc) is 0.794. The molecule has 6 aliphatic heterocycles. The van der Waals surface area contributed by atoms with Crippen molar-refractivity contribution in [3.63, 3.8) is 0 Å². The van der Waals surface area contributed by atoms with Crippen LogP contribution >= 0.6 is 491 Å². The van der Waals surface area contributed by atoms with Crippen molar-refractivity contribution in [2.24, 2.45) is 0 Å². The van der Waals surface area contributed by atoms with Crippen LogP contribution in [0.15, 0.2) is 73.3 Å². The third-order valence-corrected chi connectivity index (χ3v) is 439. The summed E-state index contributed by atoms with van der Waals surface area (Å²) in [6.45, 7) is 6.46. The Morgan fingerprint density at radius 2 is 0.761 bits per heavy atom. The number of hydrogen-bond acceptors (Lipinski definition) is 18. The molecule has 20 nitrogen and oxygen atoms in total. The summed E-state index contributed by atoms with van der Waals surface area (Å²) in [5, 5.41) is 22.5. The molecular weight excluding hydrogens is 2880 g/mol. The lowest BCUT2D eigenvalue weighted by Gasteiger charge is -2.60. The van der Waals surface area contributed by atoms with Crippen molar-refractivity contribution in [3.8, 4) is 0 Å². The van der Waals surface area contributed by atoms with Crippen LogP contribution in [0, 0.1) is 11.6 Å². The van der Waals surface area contributed by atoms with Crippen LogP contribution in [0.2, 0.25) is 5.15 Å². The topological polar surface area (TPSA) is 188 Å². The Bertz CT molecular complexity index is 4840. The monoisotopic (exact) mass is 3010 g/mol. The third kappa shape index (κ3) is 39.8. The van der Waals surface area contributed by atoms with Crippen LogP contribution in [0.5, 0.6) is 0 Å². The normalized spacial score (nSPS) is 18.0. The Kier molecular flexibility index (Phi) is 71.9. The number of fused-ring (bicyclic) bond motifs is 4. The highest BCUT2D eigenvalue weighted by molar-refractivity contribution is 9.54. The van der Waals surface area contributed by atoms with E-state index in [9.17, 15) is 8.78 Å². The van der Waals surface area contributed by atoms with Crippen LogP contribution < -0.4 is 29.8 Å². The van der Waals surface area contributed by atoms with Gasteiger partial charge >= 0.3 is 0 Å². The zero-order valence-corrected chi connectivity index (χ0v) is 137. The molecule has 36 unspecified atom stereocenters. The molecule has 36 atom stereocenters. The van der Waals surface area contributed by atoms with Gasteiger partial charge in [-0.1, -0.05) is 30.2 Å². The molecule has 83 heteroatoms. The van der Waals surface area contributed by atoms with Crippen molar-refractivity contribution < 1.29 is 28.1 Å². The molecule has 6 aromatic heterocycles. The lowest BCUT2D eigenvalue weighted by Crippen LogP contribution is -2.40. The van der Waals surface area contributed by atoms with Gasteiger partial charge in [0.25, 0.3) is 0 Å². The van der Waals surface area contributed by atoms with Gasteiger partial charge in [0.2, 0.25) is 0 Å². The standard InChI is InChI=1S/C26H29FN8O.C18H26N6O.C8H4ClFN2.C3H8O2.H62P60/c27-18-5-3-6-19-25(18)26(29-17-28-19)34-10-2-1-7-21(34)20-15-23-30-22(32-8-4-9-32)16-24(35(23)31-20)33-11-13-36-14-12-33;1-2-5-19-14(4-1)15-12-17-20-16(22-6-3-7-22)13-18(24(17)21-15)23-8-10-25-11-9-23;9-8-7-5(10)2-1-3-6(7)11-4-12-8;1-5-3-2-4;1-32(2)47(31)55(48(33(3)4)34(5)6)59(56(49(35(7)8)36(9)10)50(37(11)12)38(13)14)60(57(51(39(15)16)40(17)18)52(41(19)20)42(21)22)58(53(43(23)24)44(25)26)54(45(27)28)46(29)30/h3,5-6,15-17,21H,1-2,4,7-14H2;12-14,19H,1-11H2;1-4H;4H,2-3H2,1H3;1-31H2. The van der Waals surface area contributed by atoms with E-state index in [0.717, 1.165) is 150 Å². The van der Waals surface area contributed by atoms with E-state index < -0.39 is 5.82 Å². The van der Waals surface area contributed by atoms with Crippen LogP contribution in [0.3, 0.4) is 0 Å². The number of hydrogen-bond donors (Lipinski definition) is 2. The SMILES string of the molecule is COCCO.Fc1cccc2ncnc(Cl)c12.Fc1cccc2ncnc(N3CCCCC3c3cc4nc(N5CCC5)cc(N5CCOCC5)n4n3)c12.PP(P)P(P)P(P(P(P)P)P(P)P)P(P(P(P(P)P)P(P)P)P(P(P)P)P(P)P)P(P(P(P(P)P)P(P)P)P(P(P)P)P(P)P)P(P(P(P)P)P(P)P)P(P(P)P)P(P)P.c1c(N2CCC2)nc2cc(C3CCCCN3)nn2c1N1CCOCC1. The maximum atomic E-state index is 15.0. The third-order valence-electron chi connectivity index (χ3n) is 20.3. The highest BCUT2D eigenvalue weighted by atomic mass is 35.5. The molecule has 2 N–H and O–H groups in total. The van der Waals surface area contributed by atoms with Crippen molar-refractivity contribution in [3.05, 3.63) is 101 Å². The number of rotatable bonds is 37. The Morgan fingerprint density at radius 3 is 1.12 bits per heavy atom. The van der Waals surface area contributed by atoms with Crippen LogP contribution in [-0.2, 0) is 14.2 Å². The molecule has 0 aliphatic carbocycles. The van der Waals surface area contributed by atoms with E-state index in [1.165, 1.54) is 50.5 Å². The Morgan fingerprint density at radius 1 is 0.399 bits per heavy atom. The van der Waals surface area contributed by atoms with Crippen LogP contribution in [0.4, 0.5) is 37.9 Å². The first-order chi connectivity index (χ1) is 65.6. The molecule has 0 amide bonds. The number of aliphatic hydroxyl groups excluding tert-OH is 1. The molecule has 0 bridgehead atoms. The quantitative estimate of drug-likeness (QED) is 0.0276. The van der Waals surface area contributed by atoms with Crippen LogP contribution in [0.1, 0.15) is 74.8 Å². The van der Waals surface area contributed by atoms with E-state index in [1.54, 1.807) is 25.3 Å². The highest BCUT2D eigenvalue weighted by Gasteiger charge is 2.62. The maximum Gasteiger partial charge on any atom is 0.160 e. The molecule has 8 aromatic rings. The van der Waals surface area contributed by atoms with Gasteiger partial charge in [0.15, 0.2) is 11.3 Å². The molecule has 6 saturated heterocycles. The molecular formula is C55H129ClF2N16O4P60. The van der Waals surface area contributed by atoms with Gasteiger partial charge in [-0.2, -0.15) is 19.2 Å². The smallest absolute Gasteiger partial charge is 0.160 e. The molecule has 0 spiro atoms. The Balaban J connectivity index is 0.000000208. The second kappa shape index (κ2) is 71.6. The van der Waals surface area contributed by atoms with Gasteiger partial charge in [-0.25, -0.2) is 38.7 Å². The molecule has 14 rings (SSSR count). The summed E-state index contributed by atoms with van der Waals surface area (Å²) in [7, 11) is 112. The number of benzene rings is 2. The molecule has 138 heavy (non-hydrogen) atoms. The van der Waals surface area contributed by atoms with Crippen molar-refractivity contribution in [2.75, 3.05) is 137 Å². The fraction of sp³-hybridized carbons (Fsp3) is 0.491. The van der Waals surface area contributed by atoms with Crippen molar-refractivity contribution in [1.29, 1.82) is 0 Å². The number of nitrogens with one attached hydrogen (secondary N) is 1. The summed E-state index contributed by atoms with van der Waals surface area (Å²) in [4.78, 5) is 37.9. The summed E-state index contributed by atoms with van der Waals surface area (Å²) in [5.74, 6) is 4.25. The van der Waals surface area contributed by atoms with Gasteiger partial charge in [0.05, 0.1) is 84.9 Å². The van der Waals surface area contributed by atoms with Gasteiger partial charge in [-0.3, -0.25) is 0 Å². The van der Waals surface area contributed by atoms with Crippen LogP contribution in [-0.4, -0.2) is 166 Å². The van der Waals surface area contributed by atoms with E-state index >= 15 is 0 Å². The number of morpholine rings is 2. The van der Waals surface area contributed by atoms with Crippen LogP contribution in [0.25, 0.3) is 33.1 Å². The number of piperidine rings is 2. The van der Waals surface area contributed by atoms with Crippen molar-refractivity contribution in [1.82, 2.24) is 54.4 Å². The summed E-state index contributed by atoms with van der Waals surface area (Å²) in [6.07, 6.45) is 12.0. The van der Waals surface area contributed by atoms with Crippen molar-refractivity contribution >= 4 is 553 Å². The number of anilines is 5. The number of aromatic nitrogens is 10. The molecule has 6 aliphatic rings. The molecule has 6 fully saturated rings. The predicted octanol–water partition coefficient (Wildman–Crippen LogP) is 42.3. The summed E-state index contributed by atoms with van der Waals surface area (Å²) < 4.78 is 47.6. The fourth-order valence-corrected chi connectivity index (χ4v) is 869. The predicted molar refractivity (Wildman–Crippen MR) is 799 cm³/mol. The van der Waals surface area contributed by atoms with Gasteiger partial charge in [0.1, 0.15) is 58.5 Å². The molecule has 2 aromatic carbocycles. The molecule has 0 saturated carbocycles. The van der Waals surface area contributed by atoms with Gasteiger partial charge in [0, 0.05) is 90.3 Å². The minimum absolute atomic E-state index is 0.0110. The number of nitrogens with zero attached hydrogens (tertiary/aromatic N) is 15. The van der Waals surface area contributed by atoms with E-state index in [4.69, 9.17) is 46.3 Å². The second-order valence-electron chi connectivity index (χ2n) is 29.6. The van der Waals surface area contributed by atoms with E-state index in [0.29, 0.717) is 48.1 Å². The molecule has 774 valence electrons. The lowest BCUT2D eigenvalue weighted by molar-refractivity contribution is 0.122. The van der Waals surface area contributed by atoms with Crippen molar-refractivity contribution in [2.45, 2.75) is 63.5 Å². The first-order valence-corrected chi connectivity index (χ1v) is 150. The largest absolute Gasteiger partial charge is 0.394 e. The van der Waals surface area contributed by atoms with E-state index in [1.807, 2.05) is 15.1 Å². The zero-order valence-electron chi connectivity index (χ0n) is 74.9. The van der Waals surface area contributed by atoms with Gasteiger partial charge < -0.3 is 49.1 Å². The summed E-state index contributed by atoms with van der Waals surface area (Å²) in [5.41, 5.74) is 5.03. The van der Waals surface area contributed by atoms with Gasteiger partial charge in [-0.05, 0) is 278 Å². The fourth-order valence-electron chi connectivity index (χ4n) is 14.2. The highest BCUT2D eigenvalue weighted by Crippen LogP contribution is 3.48. The minimum Gasteiger partial charge on any atom is -0.394 e. The maximum absolute atomic E-state index is 15.0. The minimum atomic E-state index is -0.391. The Hall–Kier alpha value is 19.1. The lowest BCUT2D eigenvalue weighted by atomic mass is 9.98. The average molecular weight is 3010 g/mol. The summed E-state index contributed by atoms with van der Waals surface area (Å²) >= 11 is 5.67. The molecule has 12 heterocycles. The Labute approximate surface area is 926 Å². The number of aliphatic hydroxyl groups is 1. The van der Waals surface area contributed by atoms with E-state index in [2.05, 4.69) is 356 Å². The zero-order chi connectivity index (χ0) is 101. The first kappa shape index (κ1) is 139. The number of halogens is 3. The molecule has 0 radical (unpaired) electrons. The number of ether oxygens (including phenoxy) is 3. The first-order valence-electron chi connectivity index (χ1n) is 41.0. The summed E-state index contributed by atoms with van der Waals surface area (Å²) in [6, 6.07) is 18.6. The second-order valence-corrected chi connectivity index (χ2v) is 277. The van der Waals surface area contributed by atoms with E-state index in [-0.39, 0.29) is 232 Å².